The van der Waals surface area contributed by atoms with E-state index < -0.39 is 0 Å². The molecule has 0 rings (SSSR count). The van der Waals surface area contributed by atoms with Gasteiger partial charge in [0.2, 0.25) is 0 Å². The maximum absolute atomic E-state index is 2.45. The summed E-state index contributed by atoms with van der Waals surface area (Å²) >= 11 is 0. The van der Waals surface area contributed by atoms with Gasteiger partial charge >= 0.3 is 0 Å². The molecule has 0 fully saturated rings. The second-order valence-corrected chi connectivity index (χ2v) is 9.80. The third-order valence-electron chi connectivity index (χ3n) is 6.76. The summed E-state index contributed by atoms with van der Waals surface area (Å²) in [6.07, 6.45) is 27.5. The van der Waals surface area contributed by atoms with Gasteiger partial charge in [0.15, 0.2) is 0 Å². The molecule has 0 radical (unpaired) electrons. The first kappa shape index (κ1) is 27.0. The topological polar surface area (TPSA) is 0 Å². The Labute approximate surface area is 174 Å². The summed E-state index contributed by atoms with van der Waals surface area (Å²) in [6.45, 7) is 8.42. The predicted molar refractivity (Wildman–Crippen MR) is 126 cm³/mol. The summed E-state index contributed by atoms with van der Waals surface area (Å²) in [4.78, 5) is 0. The molecule has 0 aliphatic heterocycles. The first-order valence-electron chi connectivity index (χ1n) is 12.9. The van der Waals surface area contributed by atoms with Crippen LogP contribution in [0.5, 0.6) is 0 Å². The molecule has 1 heteroatoms. The average molecular weight is 383 g/mol. The molecule has 0 amide bonds. The lowest BCUT2D eigenvalue weighted by Crippen LogP contribution is -2.47. The first-order chi connectivity index (χ1) is 13.0. The van der Waals surface area contributed by atoms with Crippen LogP contribution in [0.3, 0.4) is 0 Å². The van der Waals surface area contributed by atoms with Crippen LogP contribution in [0.15, 0.2) is 0 Å². The molecule has 1 atom stereocenters. The minimum Gasteiger partial charge on any atom is -0.326 e. The second kappa shape index (κ2) is 19.3. The quantitative estimate of drug-likeness (QED) is 0.137. The van der Waals surface area contributed by atoms with Crippen molar-refractivity contribution in [1.82, 2.24) is 0 Å². The summed E-state index contributed by atoms with van der Waals surface area (Å²) in [5.74, 6) is 0. The van der Waals surface area contributed by atoms with Crippen LogP contribution in [0, 0.1) is 0 Å². The Morgan fingerprint density at radius 3 is 1.19 bits per heavy atom. The van der Waals surface area contributed by atoms with E-state index >= 15 is 0 Å². The summed E-state index contributed by atoms with van der Waals surface area (Å²) in [5.41, 5.74) is 0. The average Bonchev–Trinajstić information content (AvgIpc) is 2.65. The van der Waals surface area contributed by atoms with Crippen molar-refractivity contribution in [2.45, 2.75) is 149 Å². The Kier molecular flexibility index (Phi) is 19.3. The molecule has 0 aromatic carbocycles. The molecular formula is C26H56N+. The van der Waals surface area contributed by atoms with Gasteiger partial charge in [0.05, 0.1) is 26.7 Å². The van der Waals surface area contributed by atoms with E-state index in [4.69, 9.17) is 0 Å². The van der Waals surface area contributed by atoms with Crippen molar-refractivity contribution in [3.8, 4) is 0 Å². The Morgan fingerprint density at radius 1 is 0.481 bits per heavy atom. The van der Waals surface area contributed by atoms with E-state index in [0.29, 0.717) is 0 Å². The molecule has 0 saturated heterocycles. The zero-order chi connectivity index (χ0) is 20.2. The lowest BCUT2D eigenvalue weighted by Gasteiger charge is -2.36. The summed E-state index contributed by atoms with van der Waals surface area (Å²) in [5, 5.41) is 0. The van der Waals surface area contributed by atoms with E-state index in [2.05, 4.69) is 34.9 Å². The van der Waals surface area contributed by atoms with Crippen molar-refractivity contribution in [3.05, 3.63) is 0 Å². The Bertz CT molecular complexity index is 284. The van der Waals surface area contributed by atoms with Crippen LogP contribution in [0.4, 0.5) is 0 Å². The van der Waals surface area contributed by atoms with Crippen LogP contribution in [0.25, 0.3) is 0 Å². The largest absolute Gasteiger partial charge is 0.326 e. The third kappa shape index (κ3) is 17.8. The normalized spacial score (nSPS) is 13.2. The van der Waals surface area contributed by atoms with Crippen molar-refractivity contribution >= 4 is 0 Å². The number of unbranched alkanes of at least 4 members (excludes halogenated alkanes) is 16. The zero-order valence-corrected chi connectivity index (χ0v) is 20.2. The van der Waals surface area contributed by atoms with Gasteiger partial charge in [-0.1, -0.05) is 110 Å². The lowest BCUT2D eigenvalue weighted by molar-refractivity contribution is -0.913. The van der Waals surface area contributed by atoms with Crippen LogP contribution in [0.2, 0.25) is 0 Å². The fourth-order valence-corrected chi connectivity index (χ4v) is 4.14. The number of hydrogen-bond acceptors (Lipinski definition) is 0. The Morgan fingerprint density at radius 2 is 0.815 bits per heavy atom. The molecule has 0 aliphatic rings. The SMILES string of the molecule is CCCCCCCCCCCCCCCCCC[N+](C)(C)C(C)CCCC. The lowest BCUT2D eigenvalue weighted by atomic mass is 10.0. The van der Waals surface area contributed by atoms with Crippen molar-refractivity contribution in [3.63, 3.8) is 0 Å². The van der Waals surface area contributed by atoms with Crippen molar-refractivity contribution < 1.29 is 4.48 Å². The van der Waals surface area contributed by atoms with Crippen LogP contribution in [0.1, 0.15) is 143 Å². The molecular weight excluding hydrogens is 326 g/mol. The van der Waals surface area contributed by atoms with Gasteiger partial charge < -0.3 is 4.48 Å². The fraction of sp³-hybridized carbons (Fsp3) is 1.00. The summed E-state index contributed by atoms with van der Waals surface area (Å²) in [6, 6.07) is 0.821. The van der Waals surface area contributed by atoms with E-state index in [0.717, 1.165) is 6.04 Å². The molecule has 1 nitrogen and oxygen atoms in total. The zero-order valence-electron chi connectivity index (χ0n) is 20.2. The van der Waals surface area contributed by atoms with Crippen molar-refractivity contribution in [2.24, 2.45) is 0 Å². The van der Waals surface area contributed by atoms with Crippen LogP contribution < -0.4 is 0 Å². The standard InChI is InChI=1S/C26H56N/c1-6-8-10-11-12-13-14-15-16-17-18-19-20-21-22-23-25-27(4,5)26(3)24-9-7-2/h26H,6-25H2,1-5H3/q+1. The molecule has 0 spiro atoms. The molecule has 1 unspecified atom stereocenters. The number of rotatable bonds is 21. The van der Waals surface area contributed by atoms with Gasteiger partial charge in [-0.2, -0.15) is 0 Å². The van der Waals surface area contributed by atoms with E-state index in [-0.39, 0.29) is 0 Å². The molecule has 0 N–H and O–H groups in total. The van der Waals surface area contributed by atoms with Gasteiger partial charge in [-0.25, -0.2) is 0 Å². The number of nitrogens with zero attached hydrogens (tertiary/aromatic N) is 1. The smallest absolute Gasteiger partial charge is 0.0857 e. The van der Waals surface area contributed by atoms with E-state index in [1.54, 1.807) is 0 Å². The van der Waals surface area contributed by atoms with Gasteiger partial charge in [-0.05, 0) is 32.6 Å². The van der Waals surface area contributed by atoms with Gasteiger partial charge in [0.1, 0.15) is 0 Å². The molecule has 0 aromatic heterocycles. The van der Waals surface area contributed by atoms with Gasteiger partial charge in [0, 0.05) is 0 Å². The molecule has 0 bridgehead atoms. The fourth-order valence-electron chi connectivity index (χ4n) is 4.14. The molecule has 0 saturated carbocycles. The molecule has 27 heavy (non-hydrogen) atoms. The highest BCUT2D eigenvalue weighted by Crippen LogP contribution is 2.17. The molecule has 0 aromatic rings. The number of hydrogen-bond donors (Lipinski definition) is 0. The minimum absolute atomic E-state index is 0.821. The third-order valence-corrected chi connectivity index (χ3v) is 6.76. The minimum atomic E-state index is 0.821. The van der Waals surface area contributed by atoms with Gasteiger partial charge in [-0.3, -0.25) is 0 Å². The summed E-state index contributed by atoms with van der Waals surface area (Å²) < 4.78 is 1.22. The number of quaternary nitrogens is 1. The van der Waals surface area contributed by atoms with E-state index in [9.17, 15) is 0 Å². The maximum Gasteiger partial charge on any atom is 0.0857 e. The highest BCUT2D eigenvalue weighted by atomic mass is 15.3. The van der Waals surface area contributed by atoms with E-state index in [1.165, 1.54) is 133 Å². The summed E-state index contributed by atoms with van der Waals surface area (Å²) in [7, 11) is 4.87. The monoisotopic (exact) mass is 382 g/mol. The highest BCUT2D eigenvalue weighted by Gasteiger charge is 2.22. The van der Waals surface area contributed by atoms with Crippen LogP contribution in [-0.2, 0) is 0 Å². The Balaban J connectivity index is 3.29. The van der Waals surface area contributed by atoms with Gasteiger partial charge in [0.25, 0.3) is 0 Å². The van der Waals surface area contributed by atoms with Gasteiger partial charge in [-0.15, -0.1) is 0 Å². The van der Waals surface area contributed by atoms with Crippen molar-refractivity contribution in [1.29, 1.82) is 0 Å². The van der Waals surface area contributed by atoms with Crippen molar-refractivity contribution in [2.75, 3.05) is 20.6 Å². The van der Waals surface area contributed by atoms with Crippen LogP contribution in [-0.4, -0.2) is 31.2 Å². The molecule has 0 heterocycles. The molecule has 164 valence electrons. The second-order valence-electron chi connectivity index (χ2n) is 9.80. The van der Waals surface area contributed by atoms with Crippen LogP contribution >= 0.6 is 0 Å². The molecule has 0 aliphatic carbocycles. The predicted octanol–water partition coefficient (Wildman–Crippen LogP) is 8.90. The first-order valence-corrected chi connectivity index (χ1v) is 12.9. The highest BCUT2D eigenvalue weighted by molar-refractivity contribution is 4.53. The maximum atomic E-state index is 2.45. The van der Waals surface area contributed by atoms with E-state index in [1.807, 2.05) is 0 Å². The Hall–Kier alpha value is -0.0400.